The average Bonchev–Trinajstić information content (AvgIpc) is 3.24. The second kappa shape index (κ2) is 7.14. The summed E-state index contributed by atoms with van der Waals surface area (Å²) in [7, 11) is 0. The third kappa shape index (κ3) is 3.50. The molecule has 8 heteroatoms. The minimum absolute atomic E-state index is 0.0177. The maximum absolute atomic E-state index is 12.8. The van der Waals surface area contributed by atoms with Crippen LogP contribution >= 0.6 is 11.3 Å². The Hall–Kier alpha value is -3.52. The molecule has 2 heterocycles. The monoisotopic (exact) mass is 406 g/mol. The third-order valence-electron chi connectivity index (χ3n) is 4.76. The zero-order valence-electron chi connectivity index (χ0n) is 16.1. The van der Waals surface area contributed by atoms with Gasteiger partial charge in [-0.25, -0.2) is 4.98 Å². The fraction of sp³-hybridized carbons (Fsp3) is 0.143. The molecular formula is C21H18N4O3S. The number of hydrogen-bond acceptors (Lipinski definition) is 5. The molecule has 0 saturated carbocycles. The van der Waals surface area contributed by atoms with Crippen molar-refractivity contribution >= 4 is 33.6 Å². The van der Waals surface area contributed by atoms with Gasteiger partial charge in [-0.1, -0.05) is 35.6 Å². The lowest BCUT2D eigenvalue weighted by Gasteiger charge is -2.08. The van der Waals surface area contributed by atoms with Gasteiger partial charge < -0.3 is 5.32 Å². The molecule has 7 nitrogen and oxygen atoms in total. The van der Waals surface area contributed by atoms with Gasteiger partial charge in [-0.05, 0) is 38.0 Å². The second-order valence-electron chi connectivity index (χ2n) is 6.88. The molecular weight excluding hydrogens is 388 g/mol. The van der Waals surface area contributed by atoms with Crippen LogP contribution in [0.15, 0.2) is 48.7 Å². The molecule has 29 heavy (non-hydrogen) atoms. The number of hydrogen-bond donors (Lipinski definition) is 1. The predicted octanol–water partition coefficient (Wildman–Crippen LogP) is 5.15. The Bertz CT molecular complexity index is 1270. The lowest BCUT2D eigenvalue weighted by Crippen LogP contribution is -2.13. The van der Waals surface area contributed by atoms with Crippen molar-refractivity contribution in [1.82, 2.24) is 9.38 Å². The molecule has 0 aliphatic rings. The Morgan fingerprint density at radius 2 is 1.97 bits per heavy atom. The van der Waals surface area contributed by atoms with Crippen LogP contribution in [0.25, 0.3) is 16.2 Å². The van der Waals surface area contributed by atoms with Gasteiger partial charge in [0.15, 0.2) is 4.96 Å². The SMILES string of the molecule is Cc1ccc(C)c(NC(=O)c2sc3nc(-c4cccc([N+](=O)[O-])c4)cn3c2C)c1. The number of benzene rings is 2. The number of nitrogens with zero attached hydrogens (tertiary/aromatic N) is 3. The van der Waals surface area contributed by atoms with Gasteiger partial charge in [0.1, 0.15) is 4.88 Å². The Morgan fingerprint density at radius 1 is 1.17 bits per heavy atom. The summed E-state index contributed by atoms with van der Waals surface area (Å²) in [5.41, 5.74) is 4.94. The largest absolute Gasteiger partial charge is 0.321 e. The molecule has 2 aromatic carbocycles. The van der Waals surface area contributed by atoms with Crippen LogP contribution < -0.4 is 5.32 Å². The molecule has 4 aromatic rings. The van der Waals surface area contributed by atoms with Gasteiger partial charge in [-0.2, -0.15) is 0 Å². The molecule has 0 saturated heterocycles. The summed E-state index contributed by atoms with van der Waals surface area (Å²) >= 11 is 1.29. The molecule has 146 valence electrons. The number of imidazole rings is 1. The van der Waals surface area contributed by atoms with Gasteiger partial charge in [-0.15, -0.1) is 0 Å². The van der Waals surface area contributed by atoms with E-state index in [1.165, 1.54) is 23.5 Å². The van der Waals surface area contributed by atoms with Crippen molar-refractivity contribution in [2.45, 2.75) is 20.8 Å². The molecule has 2 aromatic heterocycles. The quantitative estimate of drug-likeness (QED) is 0.375. The third-order valence-corrected chi connectivity index (χ3v) is 5.91. The molecule has 4 rings (SSSR count). The van der Waals surface area contributed by atoms with Crippen LogP contribution in [-0.4, -0.2) is 20.2 Å². The molecule has 0 unspecified atom stereocenters. The lowest BCUT2D eigenvalue weighted by atomic mass is 10.1. The number of anilines is 1. The maximum Gasteiger partial charge on any atom is 0.270 e. The summed E-state index contributed by atoms with van der Waals surface area (Å²) in [5, 5.41) is 14.0. The van der Waals surface area contributed by atoms with E-state index in [-0.39, 0.29) is 11.6 Å². The fourth-order valence-corrected chi connectivity index (χ4v) is 4.13. The number of carbonyl (C=O) groups is 1. The van der Waals surface area contributed by atoms with Crippen molar-refractivity contribution in [1.29, 1.82) is 0 Å². The van der Waals surface area contributed by atoms with Gasteiger partial charge in [0.05, 0.1) is 10.6 Å². The fourth-order valence-electron chi connectivity index (χ4n) is 3.13. The van der Waals surface area contributed by atoms with E-state index in [1.807, 2.05) is 43.4 Å². The summed E-state index contributed by atoms with van der Waals surface area (Å²) in [5.74, 6) is -0.177. The highest BCUT2D eigenvalue weighted by molar-refractivity contribution is 7.19. The van der Waals surface area contributed by atoms with Crippen molar-refractivity contribution < 1.29 is 9.72 Å². The molecule has 0 bridgehead atoms. The highest BCUT2D eigenvalue weighted by Crippen LogP contribution is 2.29. The van der Waals surface area contributed by atoms with E-state index in [4.69, 9.17) is 0 Å². The van der Waals surface area contributed by atoms with E-state index in [0.29, 0.717) is 21.1 Å². The van der Waals surface area contributed by atoms with Crippen molar-refractivity contribution in [2.75, 3.05) is 5.32 Å². The second-order valence-corrected chi connectivity index (χ2v) is 7.85. The van der Waals surface area contributed by atoms with Gasteiger partial charge >= 0.3 is 0 Å². The number of nitro benzene ring substituents is 1. The Kier molecular flexibility index (Phi) is 4.63. The van der Waals surface area contributed by atoms with Crippen LogP contribution in [-0.2, 0) is 0 Å². The number of rotatable bonds is 4. The summed E-state index contributed by atoms with van der Waals surface area (Å²) in [6.07, 6.45) is 1.80. The average molecular weight is 406 g/mol. The summed E-state index contributed by atoms with van der Waals surface area (Å²) in [6, 6.07) is 12.3. The van der Waals surface area contributed by atoms with Crippen molar-refractivity contribution in [2.24, 2.45) is 0 Å². The lowest BCUT2D eigenvalue weighted by molar-refractivity contribution is -0.384. The first-order valence-electron chi connectivity index (χ1n) is 8.95. The predicted molar refractivity (Wildman–Crippen MR) is 114 cm³/mol. The number of nitrogens with one attached hydrogen (secondary N) is 1. The van der Waals surface area contributed by atoms with Crippen molar-refractivity contribution in [3.05, 3.63) is 80.5 Å². The number of carbonyl (C=O) groups excluding carboxylic acids is 1. The summed E-state index contributed by atoms with van der Waals surface area (Å²) in [6.45, 7) is 5.80. The van der Waals surface area contributed by atoms with Crippen LogP contribution in [0.3, 0.4) is 0 Å². The summed E-state index contributed by atoms with van der Waals surface area (Å²) in [4.78, 5) is 29.2. The standard InChI is InChI=1S/C21H18N4O3S/c1-12-7-8-13(2)17(9-12)22-20(26)19-14(3)24-11-18(23-21(24)29-19)15-5-4-6-16(10-15)25(27)28/h4-11H,1-3H3,(H,22,26). The van der Waals surface area contributed by atoms with E-state index in [2.05, 4.69) is 10.3 Å². The van der Waals surface area contributed by atoms with Gasteiger partial charge in [0.2, 0.25) is 0 Å². The van der Waals surface area contributed by atoms with E-state index in [0.717, 1.165) is 22.5 Å². The van der Waals surface area contributed by atoms with Gasteiger partial charge in [-0.3, -0.25) is 19.3 Å². The first-order chi connectivity index (χ1) is 13.8. The zero-order valence-corrected chi connectivity index (χ0v) is 16.9. The molecule has 0 radical (unpaired) electrons. The van der Waals surface area contributed by atoms with E-state index < -0.39 is 4.92 Å². The number of nitro groups is 1. The minimum Gasteiger partial charge on any atom is -0.321 e. The molecule has 0 aliphatic carbocycles. The van der Waals surface area contributed by atoms with Crippen molar-refractivity contribution in [3.63, 3.8) is 0 Å². The first-order valence-corrected chi connectivity index (χ1v) is 9.77. The number of aryl methyl sites for hydroxylation is 3. The molecule has 0 aliphatic heterocycles. The number of thiazole rings is 1. The number of non-ortho nitro benzene ring substituents is 1. The zero-order chi connectivity index (χ0) is 20.7. The minimum atomic E-state index is -0.428. The van der Waals surface area contributed by atoms with Gasteiger partial charge in [0, 0.05) is 35.3 Å². The Morgan fingerprint density at radius 3 is 2.69 bits per heavy atom. The topological polar surface area (TPSA) is 89.5 Å². The van der Waals surface area contributed by atoms with Crippen LogP contribution in [0.2, 0.25) is 0 Å². The Labute approximate surface area is 170 Å². The number of aromatic nitrogens is 2. The van der Waals surface area contributed by atoms with E-state index in [9.17, 15) is 14.9 Å². The summed E-state index contributed by atoms with van der Waals surface area (Å²) < 4.78 is 1.84. The smallest absolute Gasteiger partial charge is 0.270 e. The van der Waals surface area contributed by atoms with Crippen molar-refractivity contribution in [3.8, 4) is 11.3 Å². The van der Waals surface area contributed by atoms with E-state index in [1.54, 1.807) is 18.3 Å². The normalized spacial score (nSPS) is 11.0. The van der Waals surface area contributed by atoms with Crippen LogP contribution in [0.5, 0.6) is 0 Å². The van der Waals surface area contributed by atoms with Gasteiger partial charge in [0.25, 0.3) is 11.6 Å². The van der Waals surface area contributed by atoms with Crippen LogP contribution in [0, 0.1) is 30.9 Å². The molecule has 0 spiro atoms. The van der Waals surface area contributed by atoms with Crippen LogP contribution in [0.4, 0.5) is 11.4 Å². The first kappa shape index (κ1) is 18.8. The molecule has 1 N–H and O–H groups in total. The number of amides is 1. The highest BCUT2D eigenvalue weighted by atomic mass is 32.1. The Balaban J connectivity index is 1.66. The molecule has 0 fully saturated rings. The molecule has 0 atom stereocenters. The maximum atomic E-state index is 12.8. The number of fused-ring (bicyclic) bond motifs is 1. The molecule has 1 amide bonds. The van der Waals surface area contributed by atoms with Crippen LogP contribution in [0.1, 0.15) is 26.5 Å². The highest BCUT2D eigenvalue weighted by Gasteiger charge is 2.19. The van der Waals surface area contributed by atoms with E-state index >= 15 is 0 Å².